The SMILES string of the molecule is CC1Cc2ccccc2N1C(=O)COC(=O)c1ccc2c(c1)C(=O)N(c1ccc(Cl)cc1)C2=O. The molecule has 3 aromatic carbocycles. The maximum Gasteiger partial charge on any atom is 0.338 e. The van der Waals surface area contributed by atoms with E-state index < -0.39 is 24.4 Å². The number of nitrogens with zero attached hydrogens (tertiary/aromatic N) is 2. The Morgan fingerprint density at radius 3 is 2.44 bits per heavy atom. The van der Waals surface area contributed by atoms with Crippen LogP contribution in [0.3, 0.4) is 0 Å². The molecule has 0 radical (unpaired) electrons. The fraction of sp³-hybridized carbons (Fsp3) is 0.154. The first-order valence-corrected chi connectivity index (χ1v) is 11.1. The molecule has 1 atom stereocenters. The van der Waals surface area contributed by atoms with Crippen molar-refractivity contribution in [3.8, 4) is 0 Å². The van der Waals surface area contributed by atoms with Crippen LogP contribution in [0.15, 0.2) is 66.7 Å². The summed E-state index contributed by atoms with van der Waals surface area (Å²) in [6.07, 6.45) is 0.737. The molecule has 2 heterocycles. The summed E-state index contributed by atoms with van der Waals surface area (Å²) >= 11 is 5.90. The number of fused-ring (bicyclic) bond motifs is 2. The van der Waals surface area contributed by atoms with Crippen molar-refractivity contribution >= 4 is 46.7 Å². The van der Waals surface area contributed by atoms with Crippen molar-refractivity contribution in [2.75, 3.05) is 16.4 Å². The minimum absolute atomic E-state index is 0.0360. The van der Waals surface area contributed by atoms with Gasteiger partial charge in [-0.05, 0) is 67.4 Å². The molecule has 3 amide bonds. The molecule has 7 nitrogen and oxygen atoms in total. The zero-order chi connectivity index (χ0) is 24.0. The number of ether oxygens (including phenoxy) is 1. The van der Waals surface area contributed by atoms with E-state index in [0.29, 0.717) is 10.7 Å². The van der Waals surface area contributed by atoms with Crippen LogP contribution in [0.2, 0.25) is 5.02 Å². The molecule has 2 aliphatic rings. The number of hydrogen-bond acceptors (Lipinski definition) is 5. The molecule has 170 valence electrons. The maximum absolute atomic E-state index is 12.9. The number of amides is 3. The Morgan fingerprint density at radius 2 is 1.68 bits per heavy atom. The number of rotatable bonds is 4. The molecule has 0 saturated carbocycles. The summed E-state index contributed by atoms with van der Waals surface area (Å²) < 4.78 is 5.26. The van der Waals surface area contributed by atoms with Crippen molar-refractivity contribution in [1.29, 1.82) is 0 Å². The standard InChI is InChI=1S/C26H19ClN2O5/c1-15-12-16-4-2-3-5-22(16)28(15)23(30)14-34-26(33)17-6-11-20-21(13-17)25(32)29(24(20)31)19-9-7-18(27)8-10-19/h2-11,13,15H,12,14H2,1H3. The van der Waals surface area contributed by atoms with Crippen LogP contribution >= 0.6 is 11.6 Å². The first-order chi connectivity index (χ1) is 16.3. The van der Waals surface area contributed by atoms with E-state index in [-0.39, 0.29) is 28.6 Å². The fourth-order valence-corrected chi connectivity index (χ4v) is 4.54. The largest absolute Gasteiger partial charge is 0.452 e. The first-order valence-electron chi connectivity index (χ1n) is 10.7. The second-order valence-electron chi connectivity index (χ2n) is 8.20. The second kappa shape index (κ2) is 8.43. The van der Waals surface area contributed by atoms with Gasteiger partial charge in [-0.15, -0.1) is 0 Å². The molecule has 0 N–H and O–H groups in total. The van der Waals surface area contributed by atoms with Crippen LogP contribution in [0.4, 0.5) is 11.4 Å². The van der Waals surface area contributed by atoms with Crippen molar-refractivity contribution in [2.45, 2.75) is 19.4 Å². The molecule has 0 fully saturated rings. The lowest BCUT2D eigenvalue weighted by molar-refractivity contribution is -0.122. The van der Waals surface area contributed by atoms with Crippen LogP contribution < -0.4 is 9.80 Å². The molecule has 34 heavy (non-hydrogen) atoms. The lowest BCUT2D eigenvalue weighted by atomic mass is 10.1. The van der Waals surface area contributed by atoms with Crippen LogP contribution in [0, 0.1) is 0 Å². The quantitative estimate of drug-likeness (QED) is 0.416. The van der Waals surface area contributed by atoms with E-state index in [1.807, 2.05) is 31.2 Å². The van der Waals surface area contributed by atoms with Gasteiger partial charge >= 0.3 is 5.97 Å². The Balaban J connectivity index is 1.31. The van der Waals surface area contributed by atoms with Gasteiger partial charge in [-0.3, -0.25) is 14.4 Å². The molecular formula is C26H19ClN2O5. The number of hydrogen-bond donors (Lipinski definition) is 0. The third-order valence-corrected chi connectivity index (χ3v) is 6.26. The molecule has 5 rings (SSSR count). The summed E-state index contributed by atoms with van der Waals surface area (Å²) in [5.74, 6) is -2.11. The number of para-hydroxylation sites is 1. The highest BCUT2D eigenvalue weighted by Crippen LogP contribution is 2.32. The molecular weight excluding hydrogens is 456 g/mol. The number of anilines is 2. The third kappa shape index (κ3) is 3.64. The summed E-state index contributed by atoms with van der Waals surface area (Å²) in [6.45, 7) is 1.51. The normalized spacial score (nSPS) is 16.5. The number of carbonyl (C=O) groups excluding carboxylic acids is 4. The number of esters is 1. The van der Waals surface area contributed by atoms with Crippen molar-refractivity contribution in [3.05, 3.63) is 94.0 Å². The van der Waals surface area contributed by atoms with Gasteiger partial charge in [0, 0.05) is 16.8 Å². The summed E-state index contributed by atoms with van der Waals surface area (Å²) in [4.78, 5) is 53.8. The highest BCUT2D eigenvalue weighted by Gasteiger charge is 2.37. The molecule has 0 aromatic heterocycles. The smallest absolute Gasteiger partial charge is 0.338 e. The van der Waals surface area contributed by atoms with Gasteiger partial charge in [-0.2, -0.15) is 0 Å². The van der Waals surface area contributed by atoms with E-state index in [9.17, 15) is 19.2 Å². The van der Waals surface area contributed by atoms with Crippen LogP contribution in [0.1, 0.15) is 43.6 Å². The van der Waals surface area contributed by atoms with E-state index in [1.54, 1.807) is 29.2 Å². The zero-order valence-electron chi connectivity index (χ0n) is 18.2. The van der Waals surface area contributed by atoms with E-state index in [2.05, 4.69) is 0 Å². The van der Waals surface area contributed by atoms with Gasteiger partial charge in [0.15, 0.2) is 6.61 Å². The third-order valence-electron chi connectivity index (χ3n) is 6.01. The number of halogens is 1. The lowest BCUT2D eigenvalue weighted by Gasteiger charge is -2.22. The zero-order valence-corrected chi connectivity index (χ0v) is 18.9. The van der Waals surface area contributed by atoms with E-state index in [4.69, 9.17) is 16.3 Å². The van der Waals surface area contributed by atoms with Crippen molar-refractivity contribution in [2.24, 2.45) is 0 Å². The molecule has 0 aliphatic carbocycles. The van der Waals surface area contributed by atoms with Crippen molar-refractivity contribution in [1.82, 2.24) is 0 Å². The molecule has 0 bridgehead atoms. The number of benzene rings is 3. The monoisotopic (exact) mass is 474 g/mol. The summed E-state index contributed by atoms with van der Waals surface area (Å²) in [5, 5.41) is 0.478. The summed E-state index contributed by atoms with van der Waals surface area (Å²) in [7, 11) is 0. The van der Waals surface area contributed by atoms with E-state index in [1.165, 1.54) is 18.2 Å². The average Bonchev–Trinajstić information content (AvgIpc) is 3.30. The summed E-state index contributed by atoms with van der Waals surface area (Å²) in [5.41, 5.74) is 2.64. The number of imide groups is 1. The van der Waals surface area contributed by atoms with Crippen molar-refractivity contribution in [3.63, 3.8) is 0 Å². The van der Waals surface area contributed by atoms with Crippen LogP contribution in [-0.4, -0.2) is 36.3 Å². The van der Waals surface area contributed by atoms with Gasteiger partial charge in [-0.1, -0.05) is 29.8 Å². The van der Waals surface area contributed by atoms with Crippen LogP contribution in [0.5, 0.6) is 0 Å². The molecule has 1 unspecified atom stereocenters. The van der Waals surface area contributed by atoms with Gasteiger partial charge in [0.2, 0.25) is 0 Å². The van der Waals surface area contributed by atoms with Gasteiger partial charge in [0.1, 0.15) is 0 Å². The van der Waals surface area contributed by atoms with E-state index >= 15 is 0 Å². The molecule has 2 aliphatic heterocycles. The maximum atomic E-state index is 12.9. The van der Waals surface area contributed by atoms with Gasteiger partial charge in [-0.25, -0.2) is 9.69 Å². The minimum Gasteiger partial charge on any atom is -0.452 e. The van der Waals surface area contributed by atoms with Gasteiger partial charge < -0.3 is 9.64 Å². The second-order valence-corrected chi connectivity index (χ2v) is 8.64. The first kappa shape index (κ1) is 21.9. The molecule has 0 spiro atoms. The highest BCUT2D eigenvalue weighted by molar-refractivity contribution is 6.35. The minimum atomic E-state index is -0.749. The van der Waals surface area contributed by atoms with Crippen LogP contribution in [0.25, 0.3) is 0 Å². The summed E-state index contributed by atoms with van der Waals surface area (Å²) in [6, 6.07) is 18.1. The predicted octanol–water partition coefficient (Wildman–Crippen LogP) is 4.28. The van der Waals surface area contributed by atoms with Gasteiger partial charge in [0.05, 0.1) is 22.4 Å². The van der Waals surface area contributed by atoms with Crippen molar-refractivity contribution < 1.29 is 23.9 Å². The Bertz CT molecular complexity index is 1350. The van der Waals surface area contributed by atoms with Gasteiger partial charge in [0.25, 0.3) is 17.7 Å². The Hall–Kier alpha value is -3.97. The lowest BCUT2D eigenvalue weighted by Crippen LogP contribution is -2.38. The Kier molecular flexibility index (Phi) is 5.42. The predicted molar refractivity (Wildman–Crippen MR) is 126 cm³/mol. The van der Waals surface area contributed by atoms with E-state index in [0.717, 1.165) is 22.6 Å². The number of carbonyl (C=O) groups is 4. The molecule has 0 saturated heterocycles. The van der Waals surface area contributed by atoms with Crippen LogP contribution in [-0.2, 0) is 16.0 Å². The topological polar surface area (TPSA) is 84.0 Å². The Morgan fingerprint density at radius 1 is 0.971 bits per heavy atom. The fourth-order valence-electron chi connectivity index (χ4n) is 4.42. The Labute approximate surface area is 200 Å². The molecule has 3 aromatic rings. The average molecular weight is 475 g/mol. The molecule has 8 heteroatoms. The highest BCUT2D eigenvalue weighted by atomic mass is 35.5.